The van der Waals surface area contributed by atoms with Gasteiger partial charge in [0.2, 0.25) is 11.8 Å². The van der Waals surface area contributed by atoms with Crippen LogP contribution in [0.5, 0.6) is 0 Å². The van der Waals surface area contributed by atoms with Crippen LogP contribution in [-0.4, -0.2) is 36.4 Å². The molecule has 4 amide bonds. The number of carbonyl (C=O) groups excluding carboxylic acids is 4. The predicted octanol–water partition coefficient (Wildman–Crippen LogP) is 1.67. The first kappa shape index (κ1) is 23.9. The molecule has 0 spiro atoms. The van der Waals surface area contributed by atoms with Crippen LogP contribution < -0.4 is 21.7 Å². The number of hydrogen-bond donors (Lipinski definition) is 4. The highest BCUT2D eigenvalue weighted by Crippen LogP contribution is 2.12. The van der Waals surface area contributed by atoms with E-state index in [1.54, 1.807) is 24.3 Å². The van der Waals surface area contributed by atoms with Gasteiger partial charge < -0.3 is 26.4 Å². The predicted molar refractivity (Wildman–Crippen MR) is 109 cm³/mol. The van der Waals surface area contributed by atoms with E-state index in [2.05, 4.69) is 16.0 Å². The van der Waals surface area contributed by atoms with Crippen molar-refractivity contribution >= 4 is 29.5 Å². The largest absolute Gasteiger partial charge is 0.461 e. The van der Waals surface area contributed by atoms with Gasteiger partial charge in [-0.15, -0.1) is 0 Å². The van der Waals surface area contributed by atoms with Gasteiger partial charge in [0.05, 0.1) is 0 Å². The van der Waals surface area contributed by atoms with Gasteiger partial charge in [-0.3, -0.25) is 14.4 Å². The van der Waals surface area contributed by atoms with Gasteiger partial charge in [0.15, 0.2) is 0 Å². The SMILES string of the molecule is CC(=O)OCc1ccc(NC(=O)[C@@H](CCCNC(N)=O)NC(=O)CC(C)C)cc1. The Kier molecular flexibility index (Phi) is 10.2. The van der Waals surface area contributed by atoms with Gasteiger partial charge in [0.1, 0.15) is 12.6 Å². The minimum absolute atomic E-state index is 0.157. The third-order valence-electron chi connectivity index (χ3n) is 3.88. The van der Waals surface area contributed by atoms with Crippen molar-refractivity contribution in [1.29, 1.82) is 0 Å². The summed E-state index contributed by atoms with van der Waals surface area (Å²) in [5.74, 6) is -0.762. The van der Waals surface area contributed by atoms with Crippen LogP contribution in [0.15, 0.2) is 24.3 Å². The number of ether oxygens (including phenoxy) is 1. The number of benzene rings is 1. The zero-order valence-electron chi connectivity index (χ0n) is 17.1. The molecule has 9 nitrogen and oxygen atoms in total. The van der Waals surface area contributed by atoms with Crippen molar-refractivity contribution in [3.63, 3.8) is 0 Å². The van der Waals surface area contributed by atoms with Gasteiger partial charge in [-0.1, -0.05) is 26.0 Å². The van der Waals surface area contributed by atoms with E-state index >= 15 is 0 Å². The number of amides is 4. The van der Waals surface area contributed by atoms with Gasteiger partial charge >= 0.3 is 12.0 Å². The number of hydrogen-bond acceptors (Lipinski definition) is 5. The van der Waals surface area contributed by atoms with Crippen LogP contribution in [0.1, 0.15) is 45.6 Å². The minimum atomic E-state index is -0.739. The number of anilines is 1. The first-order chi connectivity index (χ1) is 13.7. The summed E-state index contributed by atoms with van der Waals surface area (Å²) >= 11 is 0. The molecular weight excluding hydrogens is 376 g/mol. The fourth-order valence-electron chi connectivity index (χ4n) is 2.51. The third-order valence-corrected chi connectivity index (χ3v) is 3.88. The Labute approximate surface area is 170 Å². The molecule has 1 rings (SSSR count). The Bertz CT molecular complexity index is 703. The van der Waals surface area contributed by atoms with Crippen molar-refractivity contribution in [3.05, 3.63) is 29.8 Å². The Morgan fingerprint density at radius 3 is 2.31 bits per heavy atom. The van der Waals surface area contributed by atoms with Gasteiger partial charge in [-0.05, 0) is 36.5 Å². The van der Waals surface area contributed by atoms with Crippen molar-refractivity contribution in [2.45, 2.75) is 52.7 Å². The smallest absolute Gasteiger partial charge is 0.312 e. The summed E-state index contributed by atoms with van der Waals surface area (Å²) in [5, 5.41) is 7.98. The molecule has 0 aromatic heterocycles. The lowest BCUT2D eigenvalue weighted by Crippen LogP contribution is -2.44. The van der Waals surface area contributed by atoms with Gasteiger partial charge in [0, 0.05) is 25.6 Å². The number of esters is 1. The minimum Gasteiger partial charge on any atom is -0.461 e. The number of carbonyl (C=O) groups is 4. The first-order valence-electron chi connectivity index (χ1n) is 9.53. The Morgan fingerprint density at radius 2 is 1.76 bits per heavy atom. The number of rotatable bonds is 11. The molecule has 9 heteroatoms. The Hall–Kier alpha value is -3.10. The molecular formula is C20H30N4O5. The lowest BCUT2D eigenvalue weighted by Gasteiger charge is -2.19. The second-order valence-corrected chi connectivity index (χ2v) is 7.12. The van der Waals surface area contributed by atoms with Crippen molar-refractivity contribution < 1.29 is 23.9 Å². The summed E-state index contributed by atoms with van der Waals surface area (Å²) < 4.78 is 4.92. The highest BCUT2D eigenvalue weighted by Gasteiger charge is 2.21. The lowest BCUT2D eigenvalue weighted by atomic mass is 10.1. The molecule has 1 atom stereocenters. The van der Waals surface area contributed by atoms with Crippen LogP contribution in [0.4, 0.5) is 10.5 Å². The molecule has 0 fully saturated rings. The molecule has 0 bridgehead atoms. The van der Waals surface area contributed by atoms with Crippen LogP contribution in [0.3, 0.4) is 0 Å². The van der Waals surface area contributed by atoms with Crippen LogP contribution in [-0.2, 0) is 25.7 Å². The summed E-state index contributed by atoms with van der Waals surface area (Å²) in [5.41, 5.74) is 6.38. The summed E-state index contributed by atoms with van der Waals surface area (Å²) in [4.78, 5) is 46.4. The zero-order valence-corrected chi connectivity index (χ0v) is 17.1. The van der Waals surface area contributed by atoms with E-state index in [0.717, 1.165) is 5.56 Å². The van der Waals surface area contributed by atoms with E-state index in [1.807, 2.05) is 13.8 Å². The summed E-state index contributed by atoms with van der Waals surface area (Å²) in [7, 11) is 0. The van der Waals surface area contributed by atoms with E-state index in [9.17, 15) is 19.2 Å². The topological polar surface area (TPSA) is 140 Å². The van der Waals surface area contributed by atoms with Crippen molar-refractivity contribution in [2.75, 3.05) is 11.9 Å². The Balaban J connectivity index is 2.69. The summed E-state index contributed by atoms with van der Waals surface area (Å²) in [6.07, 6.45) is 1.14. The highest BCUT2D eigenvalue weighted by atomic mass is 16.5. The fraction of sp³-hybridized carbons (Fsp3) is 0.500. The lowest BCUT2D eigenvalue weighted by molar-refractivity contribution is -0.142. The second-order valence-electron chi connectivity index (χ2n) is 7.12. The van der Waals surface area contributed by atoms with Crippen LogP contribution in [0.25, 0.3) is 0 Å². The molecule has 160 valence electrons. The summed E-state index contributed by atoms with van der Waals surface area (Å²) in [6, 6.07) is 5.49. The van der Waals surface area contributed by atoms with Crippen molar-refractivity contribution in [2.24, 2.45) is 11.7 Å². The summed E-state index contributed by atoms with van der Waals surface area (Å²) in [6.45, 7) is 5.64. The molecule has 0 heterocycles. The number of nitrogens with one attached hydrogen (secondary N) is 3. The molecule has 0 radical (unpaired) electrons. The standard InChI is InChI=1S/C20H30N4O5/c1-13(2)11-18(26)24-17(5-4-10-22-20(21)28)19(27)23-16-8-6-15(7-9-16)12-29-14(3)25/h6-9,13,17H,4-5,10-12H2,1-3H3,(H,23,27)(H,24,26)(H3,21,22,28)/t17-/m1/s1. The molecule has 0 aliphatic heterocycles. The molecule has 0 aliphatic rings. The van der Waals surface area contributed by atoms with Gasteiger partial charge in [-0.2, -0.15) is 0 Å². The van der Waals surface area contributed by atoms with Gasteiger partial charge in [-0.25, -0.2) is 4.79 Å². The molecule has 0 saturated carbocycles. The van der Waals surface area contributed by atoms with Crippen LogP contribution >= 0.6 is 0 Å². The maximum Gasteiger partial charge on any atom is 0.312 e. The number of primary amides is 1. The van der Waals surface area contributed by atoms with E-state index in [4.69, 9.17) is 10.5 Å². The average molecular weight is 406 g/mol. The monoisotopic (exact) mass is 406 g/mol. The number of nitrogens with two attached hydrogens (primary N) is 1. The molecule has 0 saturated heterocycles. The van der Waals surface area contributed by atoms with E-state index < -0.39 is 12.1 Å². The normalized spacial score (nSPS) is 11.4. The number of urea groups is 1. The van der Waals surface area contributed by atoms with Gasteiger partial charge in [0.25, 0.3) is 0 Å². The highest BCUT2D eigenvalue weighted by molar-refractivity contribution is 5.97. The molecule has 1 aromatic rings. The van der Waals surface area contributed by atoms with E-state index in [1.165, 1.54) is 6.92 Å². The van der Waals surface area contributed by atoms with E-state index in [0.29, 0.717) is 31.5 Å². The quantitative estimate of drug-likeness (QED) is 0.327. The van der Waals surface area contributed by atoms with Crippen LogP contribution in [0, 0.1) is 5.92 Å². The van der Waals surface area contributed by atoms with E-state index in [-0.39, 0.29) is 30.3 Å². The molecule has 0 aliphatic carbocycles. The third kappa shape index (κ3) is 10.7. The first-order valence-corrected chi connectivity index (χ1v) is 9.53. The zero-order chi connectivity index (χ0) is 21.8. The maximum absolute atomic E-state index is 12.7. The van der Waals surface area contributed by atoms with Crippen molar-refractivity contribution in [3.8, 4) is 0 Å². The average Bonchev–Trinajstić information content (AvgIpc) is 2.62. The molecule has 1 aromatic carbocycles. The fourth-order valence-corrected chi connectivity index (χ4v) is 2.51. The second kappa shape index (κ2) is 12.4. The Morgan fingerprint density at radius 1 is 1.10 bits per heavy atom. The molecule has 0 unspecified atom stereocenters. The molecule has 5 N–H and O–H groups in total. The maximum atomic E-state index is 12.7. The van der Waals surface area contributed by atoms with Crippen molar-refractivity contribution in [1.82, 2.24) is 10.6 Å². The van der Waals surface area contributed by atoms with Crippen LogP contribution in [0.2, 0.25) is 0 Å². The molecule has 29 heavy (non-hydrogen) atoms.